The molecule has 0 aliphatic carbocycles. The van der Waals surface area contributed by atoms with E-state index in [9.17, 15) is 4.79 Å². The average Bonchev–Trinajstić information content (AvgIpc) is 2.59. The lowest BCUT2D eigenvalue weighted by Gasteiger charge is -2.28. The smallest absolute Gasteiger partial charge is 0.317 e. The molecular formula is C20H26N2O2. The number of amides is 2. The quantitative estimate of drug-likeness (QED) is 0.847. The van der Waals surface area contributed by atoms with Gasteiger partial charge in [0.2, 0.25) is 0 Å². The molecule has 4 heteroatoms. The van der Waals surface area contributed by atoms with Gasteiger partial charge in [-0.25, -0.2) is 4.79 Å². The highest BCUT2D eigenvalue weighted by Crippen LogP contribution is 2.09. The molecule has 2 aromatic rings. The topological polar surface area (TPSA) is 41.6 Å². The van der Waals surface area contributed by atoms with Gasteiger partial charge in [-0.05, 0) is 24.5 Å². The summed E-state index contributed by atoms with van der Waals surface area (Å²) in [6, 6.07) is 18.2. The van der Waals surface area contributed by atoms with Crippen LogP contribution < -0.4 is 5.32 Å². The number of methoxy groups -OCH3 is 1. The van der Waals surface area contributed by atoms with Crippen LogP contribution in [0.3, 0.4) is 0 Å². The van der Waals surface area contributed by atoms with E-state index >= 15 is 0 Å². The Balaban J connectivity index is 1.95. The first-order valence-corrected chi connectivity index (χ1v) is 8.19. The lowest BCUT2D eigenvalue weighted by Crippen LogP contribution is -2.46. The Hall–Kier alpha value is -2.33. The number of ether oxygens (including phenoxy) is 1. The number of carbonyl (C=O) groups excluding carboxylic acids is 1. The largest absolute Gasteiger partial charge is 0.383 e. The standard InChI is InChI=1S/C20H26N2O2/c1-16-8-7-11-18(12-16)14-21-20(23)22(2)19(15-24-3)13-17-9-5-4-6-10-17/h4-12,19H,13-15H2,1-3H3,(H,21,23)/t19-/m0/s1. The molecule has 1 N–H and O–H groups in total. The fourth-order valence-electron chi connectivity index (χ4n) is 2.68. The first-order chi connectivity index (χ1) is 11.6. The van der Waals surface area contributed by atoms with E-state index in [2.05, 4.69) is 23.5 Å². The molecule has 24 heavy (non-hydrogen) atoms. The van der Waals surface area contributed by atoms with Crippen LogP contribution >= 0.6 is 0 Å². The molecule has 0 aliphatic heterocycles. The second kappa shape index (κ2) is 9.08. The van der Waals surface area contributed by atoms with Crippen molar-refractivity contribution < 1.29 is 9.53 Å². The highest BCUT2D eigenvalue weighted by Gasteiger charge is 2.20. The molecule has 0 radical (unpaired) electrons. The van der Waals surface area contributed by atoms with Crippen LogP contribution in [0, 0.1) is 6.92 Å². The minimum atomic E-state index is -0.0884. The molecule has 0 saturated heterocycles. The van der Waals surface area contributed by atoms with E-state index in [0.717, 1.165) is 12.0 Å². The van der Waals surface area contributed by atoms with Gasteiger partial charge >= 0.3 is 6.03 Å². The Morgan fingerprint density at radius 2 is 1.83 bits per heavy atom. The summed E-state index contributed by atoms with van der Waals surface area (Å²) in [5, 5.41) is 2.98. The predicted molar refractivity (Wildman–Crippen MR) is 97.0 cm³/mol. The molecule has 2 amide bonds. The van der Waals surface area contributed by atoms with Crippen LogP contribution in [0.15, 0.2) is 54.6 Å². The molecule has 0 spiro atoms. The molecule has 0 bridgehead atoms. The van der Waals surface area contributed by atoms with Gasteiger partial charge in [0.15, 0.2) is 0 Å². The Morgan fingerprint density at radius 3 is 2.50 bits per heavy atom. The van der Waals surface area contributed by atoms with E-state index in [1.807, 2.05) is 50.4 Å². The number of hydrogen-bond donors (Lipinski definition) is 1. The number of benzene rings is 2. The summed E-state index contributed by atoms with van der Waals surface area (Å²) in [5.74, 6) is 0. The molecule has 0 heterocycles. The number of likely N-dealkylation sites (N-methyl/N-ethyl adjacent to an activating group) is 1. The fourth-order valence-corrected chi connectivity index (χ4v) is 2.68. The number of hydrogen-bond acceptors (Lipinski definition) is 2. The number of carbonyl (C=O) groups is 1. The average molecular weight is 326 g/mol. The minimum Gasteiger partial charge on any atom is -0.383 e. The summed E-state index contributed by atoms with van der Waals surface area (Å²) in [4.78, 5) is 14.2. The molecule has 0 saturated carbocycles. The predicted octanol–water partition coefficient (Wildman–Crippen LogP) is 3.39. The van der Waals surface area contributed by atoms with Crippen LogP contribution in [0.25, 0.3) is 0 Å². The van der Waals surface area contributed by atoms with Gasteiger partial charge in [-0.3, -0.25) is 0 Å². The number of nitrogens with zero attached hydrogens (tertiary/aromatic N) is 1. The van der Waals surface area contributed by atoms with Crippen LogP contribution in [-0.2, 0) is 17.7 Å². The molecule has 128 valence electrons. The molecule has 0 unspecified atom stereocenters. The van der Waals surface area contributed by atoms with Gasteiger partial charge in [0.25, 0.3) is 0 Å². The zero-order chi connectivity index (χ0) is 17.4. The Kier molecular flexibility index (Phi) is 6.82. The van der Waals surface area contributed by atoms with E-state index < -0.39 is 0 Å². The van der Waals surface area contributed by atoms with Crippen LogP contribution in [-0.4, -0.2) is 37.7 Å². The highest BCUT2D eigenvalue weighted by molar-refractivity contribution is 5.74. The van der Waals surface area contributed by atoms with Gasteiger partial charge in [0.05, 0.1) is 12.6 Å². The first-order valence-electron chi connectivity index (χ1n) is 8.19. The van der Waals surface area contributed by atoms with Crippen molar-refractivity contribution >= 4 is 6.03 Å². The van der Waals surface area contributed by atoms with Crippen LogP contribution in [0.2, 0.25) is 0 Å². The highest BCUT2D eigenvalue weighted by atomic mass is 16.5. The molecule has 0 aliphatic rings. The number of aryl methyl sites for hydroxylation is 1. The molecule has 2 aromatic carbocycles. The Labute approximate surface area is 144 Å². The van der Waals surface area contributed by atoms with Crippen molar-refractivity contribution in [3.8, 4) is 0 Å². The van der Waals surface area contributed by atoms with E-state index in [4.69, 9.17) is 4.74 Å². The van der Waals surface area contributed by atoms with Crippen molar-refractivity contribution in [2.45, 2.75) is 25.9 Å². The normalized spacial score (nSPS) is 11.8. The monoisotopic (exact) mass is 326 g/mol. The molecular weight excluding hydrogens is 300 g/mol. The number of rotatable bonds is 7. The van der Waals surface area contributed by atoms with Gasteiger partial charge in [-0.1, -0.05) is 60.2 Å². The SMILES string of the molecule is COC[C@H](Cc1ccccc1)N(C)C(=O)NCc1cccc(C)c1. The summed E-state index contributed by atoms with van der Waals surface area (Å²) >= 11 is 0. The summed E-state index contributed by atoms with van der Waals surface area (Å²) < 4.78 is 5.30. The van der Waals surface area contributed by atoms with Gasteiger partial charge in [-0.2, -0.15) is 0 Å². The molecule has 2 rings (SSSR count). The molecule has 0 fully saturated rings. The van der Waals surface area contributed by atoms with E-state index in [-0.39, 0.29) is 12.1 Å². The van der Waals surface area contributed by atoms with Gasteiger partial charge in [0, 0.05) is 20.7 Å². The van der Waals surface area contributed by atoms with Gasteiger partial charge in [0.1, 0.15) is 0 Å². The van der Waals surface area contributed by atoms with E-state index in [1.165, 1.54) is 11.1 Å². The maximum absolute atomic E-state index is 12.5. The molecule has 4 nitrogen and oxygen atoms in total. The van der Waals surface area contributed by atoms with Crippen molar-refractivity contribution in [1.82, 2.24) is 10.2 Å². The summed E-state index contributed by atoms with van der Waals surface area (Å²) in [7, 11) is 3.48. The first kappa shape index (κ1) is 18.0. The van der Waals surface area contributed by atoms with Crippen LogP contribution in [0.1, 0.15) is 16.7 Å². The van der Waals surface area contributed by atoms with Crippen molar-refractivity contribution in [3.05, 3.63) is 71.3 Å². The van der Waals surface area contributed by atoms with Crippen molar-refractivity contribution in [1.29, 1.82) is 0 Å². The van der Waals surface area contributed by atoms with E-state index in [1.54, 1.807) is 12.0 Å². The number of nitrogens with one attached hydrogen (secondary N) is 1. The lowest BCUT2D eigenvalue weighted by atomic mass is 10.1. The number of urea groups is 1. The van der Waals surface area contributed by atoms with Gasteiger partial charge in [-0.15, -0.1) is 0 Å². The third-order valence-corrected chi connectivity index (χ3v) is 4.07. The van der Waals surface area contributed by atoms with Gasteiger partial charge < -0.3 is 15.0 Å². The zero-order valence-electron chi connectivity index (χ0n) is 14.7. The van der Waals surface area contributed by atoms with E-state index in [0.29, 0.717) is 13.2 Å². The Morgan fingerprint density at radius 1 is 1.12 bits per heavy atom. The summed E-state index contributed by atoms with van der Waals surface area (Å²) in [5.41, 5.74) is 3.48. The molecule has 1 atom stereocenters. The van der Waals surface area contributed by atoms with Crippen LogP contribution in [0.4, 0.5) is 4.79 Å². The minimum absolute atomic E-state index is 0.00471. The lowest BCUT2D eigenvalue weighted by molar-refractivity contribution is 0.115. The third-order valence-electron chi connectivity index (χ3n) is 4.07. The summed E-state index contributed by atoms with van der Waals surface area (Å²) in [6.07, 6.45) is 0.767. The maximum Gasteiger partial charge on any atom is 0.317 e. The second-order valence-corrected chi connectivity index (χ2v) is 6.06. The van der Waals surface area contributed by atoms with Crippen molar-refractivity contribution in [2.24, 2.45) is 0 Å². The Bertz CT molecular complexity index is 643. The van der Waals surface area contributed by atoms with Crippen molar-refractivity contribution in [2.75, 3.05) is 20.8 Å². The third kappa shape index (κ3) is 5.39. The molecule has 0 aromatic heterocycles. The zero-order valence-corrected chi connectivity index (χ0v) is 14.7. The fraction of sp³-hybridized carbons (Fsp3) is 0.350. The summed E-state index contributed by atoms with van der Waals surface area (Å²) in [6.45, 7) is 3.07. The second-order valence-electron chi connectivity index (χ2n) is 6.06. The van der Waals surface area contributed by atoms with Crippen LogP contribution in [0.5, 0.6) is 0 Å². The maximum atomic E-state index is 12.5. The van der Waals surface area contributed by atoms with Crippen molar-refractivity contribution in [3.63, 3.8) is 0 Å².